The van der Waals surface area contributed by atoms with Crippen molar-refractivity contribution in [2.45, 2.75) is 39.2 Å². The van der Waals surface area contributed by atoms with Gasteiger partial charge in [0, 0.05) is 24.7 Å². The average Bonchev–Trinajstić information content (AvgIpc) is 2.79. The van der Waals surface area contributed by atoms with Crippen molar-refractivity contribution in [3.05, 3.63) is 29.8 Å². The van der Waals surface area contributed by atoms with Crippen LogP contribution < -0.4 is 5.73 Å². The lowest BCUT2D eigenvalue weighted by Crippen LogP contribution is -2.38. The molecule has 0 aliphatic heterocycles. The van der Waals surface area contributed by atoms with E-state index < -0.39 is 0 Å². The van der Waals surface area contributed by atoms with Gasteiger partial charge >= 0.3 is 0 Å². The minimum Gasteiger partial charge on any atom is -0.398 e. The molecule has 3 nitrogen and oxygen atoms in total. The zero-order chi connectivity index (χ0) is 13.2. The predicted molar refractivity (Wildman–Crippen MR) is 73.9 cm³/mol. The number of hydrogen-bond donors (Lipinski definition) is 1. The van der Waals surface area contributed by atoms with Crippen LogP contribution >= 0.6 is 0 Å². The van der Waals surface area contributed by atoms with Gasteiger partial charge in [-0.25, -0.2) is 0 Å². The number of hydrogen-bond acceptors (Lipinski definition) is 2. The predicted octanol–water partition coefficient (Wildman–Crippen LogP) is 2.81. The lowest BCUT2D eigenvalue weighted by molar-refractivity contribution is -0.140. The quantitative estimate of drug-likeness (QED) is 0.834. The van der Waals surface area contributed by atoms with Crippen LogP contribution in [-0.4, -0.2) is 17.9 Å². The summed E-state index contributed by atoms with van der Waals surface area (Å²) in [5, 5.41) is 0. The molecule has 0 aromatic heterocycles. The molecule has 1 aliphatic rings. The Morgan fingerprint density at radius 2 is 1.94 bits per heavy atom. The third-order valence-electron chi connectivity index (χ3n) is 4.03. The fourth-order valence-electron chi connectivity index (χ4n) is 2.84. The third kappa shape index (κ3) is 2.50. The highest BCUT2D eigenvalue weighted by Gasteiger charge is 2.38. The molecule has 0 heterocycles. The second-order valence-corrected chi connectivity index (χ2v) is 5.63. The largest absolute Gasteiger partial charge is 0.398 e. The van der Waals surface area contributed by atoms with Gasteiger partial charge in [-0.05, 0) is 24.5 Å². The molecule has 2 N–H and O–H groups in total. The number of rotatable bonds is 3. The van der Waals surface area contributed by atoms with E-state index in [2.05, 4.69) is 6.92 Å². The Labute approximate surface area is 109 Å². The highest BCUT2D eigenvalue weighted by Crippen LogP contribution is 2.39. The molecule has 0 bridgehead atoms. The highest BCUT2D eigenvalue weighted by atomic mass is 16.2. The summed E-state index contributed by atoms with van der Waals surface area (Å²) in [4.78, 5) is 14.3. The van der Waals surface area contributed by atoms with Gasteiger partial charge in [0.25, 0.3) is 0 Å². The zero-order valence-corrected chi connectivity index (χ0v) is 11.3. The molecule has 98 valence electrons. The molecule has 1 aromatic carbocycles. The van der Waals surface area contributed by atoms with E-state index in [1.165, 1.54) is 12.8 Å². The summed E-state index contributed by atoms with van der Waals surface area (Å²) in [5.41, 5.74) is 7.54. The molecule has 0 atom stereocenters. The molecule has 0 spiro atoms. The maximum atomic E-state index is 12.5. The topological polar surface area (TPSA) is 46.3 Å². The standard InChI is InChI=1S/C15H22N2O/c1-15(9-5-6-10-15)14(18)17(2)11-12-7-3-4-8-13(12)16/h3-4,7-8H,5-6,9-11,16H2,1-2H3. The Hall–Kier alpha value is -1.51. The lowest BCUT2D eigenvalue weighted by atomic mass is 9.87. The first-order chi connectivity index (χ1) is 8.53. The summed E-state index contributed by atoms with van der Waals surface area (Å²) in [6.07, 6.45) is 4.37. The van der Waals surface area contributed by atoms with Crippen LogP contribution in [0.3, 0.4) is 0 Å². The number of benzene rings is 1. The first-order valence-corrected chi connectivity index (χ1v) is 6.62. The Morgan fingerprint density at radius 1 is 1.33 bits per heavy atom. The van der Waals surface area contributed by atoms with Crippen molar-refractivity contribution >= 4 is 11.6 Å². The second-order valence-electron chi connectivity index (χ2n) is 5.63. The molecule has 0 radical (unpaired) electrons. The molecule has 0 saturated heterocycles. The van der Waals surface area contributed by atoms with E-state index in [0.29, 0.717) is 6.54 Å². The van der Waals surface area contributed by atoms with Gasteiger partial charge in [0.15, 0.2) is 0 Å². The fourth-order valence-corrected chi connectivity index (χ4v) is 2.84. The lowest BCUT2D eigenvalue weighted by Gasteiger charge is -2.29. The number of nitrogens with zero attached hydrogens (tertiary/aromatic N) is 1. The number of carbonyl (C=O) groups excluding carboxylic acids is 1. The van der Waals surface area contributed by atoms with E-state index in [0.717, 1.165) is 24.1 Å². The van der Waals surface area contributed by atoms with Crippen molar-refractivity contribution in [1.29, 1.82) is 0 Å². The molecule has 1 aromatic rings. The van der Waals surface area contributed by atoms with Gasteiger partial charge in [-0.15, -0.1) is 0 Å². The third-order valence-corrected chi connectivity index (χ3v) is 4.03. The van der Waals surface area contributed by atoms with E-state index in [9.17, 15) is 4.79 Å². The van der Waals surface area contributed by atoms with Crippen molar-refractivity contribution in [2.75, 3.05) is 12.8 Å². The molecule has 1 aliphatic carbocycles. The van der Waals surface area contributed by atoms with Crippen LogP contribution in [0.25, 0.3) is 0 Å². The summed E-state index contributed by atoms with van der Waals surface area (Å²) in [5.74, 6) is 0.253. The van der Waals surface area contributed by atoms with E-state index in [-0.39, 0.29) is 11.3 Å². The Morgan fingerprint density at radius 3 is 2.56 bits per heavy atom. The summed E-state index contributed by atoms with van der Waals surface area (Å²) >= 11 is 0. The zero-order valence-electron chi connectivity index (χ0n) is 11.3. The van der Waals surface area contributed by atoms with E-state index >= 15 is 0 Å². The molecule has 2 rings (SSSR count). The summed E-state index contributed by atoms with van der Waals surface area (Å²) in [7, 11) is 1.87. The second kappa shape index (κ2) is 5.01. The van der Waals surface area contributed by atoms with Crippen molar-refractivity contribution < 1.29 is 4.79 Å². The van der Waals surface area contributed by atoms with Crippen LogP contribution in [0.4, 0.5) is 5.69 Å². The molecular weight excluding hydrogens is 224 g/mol. The van der Waals surface area contributed by atoms with Crippen LogP contribution in [-0.2, 0) is 11.3 Å². The summed E-state index contributed by atoms with van der Waals surface area (Å²) < 4.78 is 0. The minimum atomic E-state index is -0.154. The highest BCUT2D eigenvalue weighted by molar-refractivity contribution is 5.82. The van der Waals surface area contributed by atoms with Crippen LogP contribution in [0.2, 0.25) is 0 Å². The van der Waals surface area contributed by atoms with Crippen molar-refractivity contribution in [2.24, 2.45) is 5.41 Å². The first-order valence-electron chi connectivity index (χ1n) is 6.62. The van der Waals surface area contributed by atoms with Gasteiger partial charge in [-0.1, -0.05) is 38.0 Å². The smallest absolute Gasteiger partial charge is 0.228 e. The van der Waals surface area contributed by atoms with E-state index in [1.54, 1.807) is 0 Å². The fraction of sp³-hybridized carbons (Fsp3) is 0.533. The average molecular weight is 246 g/mol. The van der Waals surface area contributed by atoms with E-state index in [4.69, 9.17) is 5.73 Å². The number of anilines is 1. The van der Waals surface area contributed by atoms with Crippen LogP contribution in [0.5, 0.6) is 0 Å². The molecule has 1 fully saturated rings. The Balaban J connectivity index is 2.06. The first kappa shape index (κ1) is 12.9. The number of nitrogen functional groups attached to an aromatic ring is 1. The summed E-state index contributed by atoms with van der Waals surface area (Å²) in [6.45, 7) is 2.69. The van der Waals surface area contributed by atoms with Crippen molar-refractivity contribution in [3.8, 4) is 0 Å². The number of para-hydroxylation sites is 1. The number of nitrogens with two attached hydrogens (primary N) is 1. The molecular formula is C15H22N2O. The van der Waals surface area contributed by atoms with Crippen LogP contribution in [0, 0.1) is 5.41 Å². The normalized spacial score (nSPS) is 17.7. The Bertz CT molecular complexity index is 436. The van der Waals surface area contributed by atoms with Gasteiger partial charge < -0.3 is 10.6 Å². The van der Waals surface area contributed by atoms with E-state index in [1.807, 2.05) is 36.2 Å². The molecule has 3 heteroatoms. The Kier molecular flexibility index (Phi) is 3.60. The molecule has 18 heavy (non-hydrogen) atoms. The van der Waals surface area contributed by atoms with Gasteiger partial charge in [0.2, 0.25) is 5.91 Å². The maximum Gasteiger partial charge on any atom is 0.228 e. The monoisotopic (exact) mass is 246 g/mol. The number of amides is 1. The van der Waals surface area contributed by atoms with Crippen LogP contribution in [0.15, 0.2) is 24.3 Å². The van der Waals surface area contributed by atoms with Crippen molar-refractivity contribution in [3.63, 3.8) is 0 Å². The van der Waals surface area contributed by atoms with Crippen LogP contribution in [0.1, 0.15) is 38.2 Å². The van der Waals surface area contributed by atoms with Gasteiger partial charge in [0.05, 0.1) is 0 Å². The number of carbonyl (C=O) groups is 1. The van der Waals surface area contributed by atoms with Gasteiger partial charge in [0.1, 0.15) is 0 Å². The van der Waals surface area contributed by atoms with Gasteiger partial charge in [-0.3, -0.25) is 4.79 Å². The SMILES string of the molecule is CN(Cc1ccccc1N)C(=O)C1(C)CCCC1. The van der Waals surface area contributed by atoms with Gasteiger partial charge in [-0.2, -0.15) is 0 Å². The molecule has 1 saturated carbocycles. The molecule has 0 unspecified atom stereocenters. The minimum absolute atomic E-state index is 0.154. The molecule has 1 amide bonds. The maximum absolute atomic E-state index is 12.5. The summed E-state index contributed by atoms with van der Waals surface area (Å²) in [6, 6.07) is 7.74. The van der Waals surface area contributed by atoms with Crippen molar-refractivity contribution in [1.82, 2.24) is 4.90 Å².